The smallest absolute Gasteiger partial charge is 0.265 e. The summed E-state index contributed by atoms with van der Waals surface area (Å²) < 4.78 is 10.8. The summed E-state index contributed by atoms with van der Waals surface area (Å²) in [5.74, 6) is 1.51. The van der Waals surface area contributed by atoms with Crippen molar-refractivity contribution in [1.82, 2.24) is 10.1 Å². The molecule has 2 heterocycles. The minimum Gasteiger partial charge on any atom is -0.482 e. The number of carbonyl (C=O) groups excluding carboxylic acids is 1. The van der Waals surface area contributed by atoms with Gasteiger partial charge in [0, 0.05) is 18.2 Å². The van der Waals surface area contributed by atoms with Crippen LogP contribution in [-0.4, -0.2) is 29.2 Å². The van der Waals surface area contributed by atoms with Gasteiger partial charge in [-0.05, 0) is 43.7 Å². The van der Waals surface area contributed by atoms with Crippen molar-refractivity contribution in [3.05, 3.63) is 59.5 Å². The molecule has 1 aromatic heterocycles. The SMILES string of the molecule is CCN1C(=O)COc2ccc(-c3noc(/C=C/c4ccc(C)cc4)n3)cc21. The molecule has 0 bridgehead atoms. The summed E-state index contributed by atoms with van der Waals surface area (Å²) in [4.78, 5) is 18.1. The summed E-state index contributed by atoms with van der Waals surface area (Å²) >= 11 is 0. The number of benzene rings is 2. The number of aromatic nitrogens is 2. The average Bonchev–Trinajstić information content (AvgIpc) is 3.16. The summed E-state index contributed by atoms with van der Waals surface area (Å²) in [6.45, 7) is 4.63. The second-order valence-electron chi connectivity index (χ2n) is 6.31. The Hall–Kier alpha value is -3.41. The number of hydrogen-bond acceptors (Lipinski definition) is 5. The summed E-state index contributed by atoms with van der Waals surface area (Å²) in [7, 11) is 0. The average molecular weight is 361 g/mol. The zero-order chi connectivity index (χ0) is 18.8. The standard InChI is InChI=1S/C21H19N3O3/c1-3-24-17-12-16(9-10-18(17)26-13-20(24)25)21-22-19(27-23-21)11-8-15-6-4-14(2)5-7-15/h4-12H,3,13H2,1-2H3/b11-8+. The van der Waals surface area contributed by atoms with Crippen molar-refractivity contribution in [3.8, 4) is 17.1 Å². The van der Waals surface area contributed by atoms with Crippen LogP contribution in [0.5, 0.6) is 5.75 Å². The van der Waals surface area contributed by atoms with Gasteiger partial charge in [0.1, 0.15) is 5.75 Å². The molecule has 1 aliphatic heterocycles. The van der Waals surface area contributed by atoms with E-state index in [-0.39, 0.29) is 12.5 Å². The number of fused-ring (bicyclic) bond motifs is 1. The Bertz CT molecular complexity index is 1010. The third-order valence-corrected chi connectivity index (χ3v) is 4.41. The van der Waals surface area contributed by atoms with E-state index < -0.39 is 0 Å². The van der Waals surface area contributed by atoms with Gasteiger partial charge in [-0.15, -0.1) is 0 Å². The molecule has 0 unspecified atom stereocenters. The molecule has 0 atom stereocenters. The predicted octanol–water partition coefficient (Wildman–Crippen LogP) is 3.96. The molecule has 4 rings (SSSR count). The molecule has 0 spiro atoms. The van der Waals surface area contributed by atoms with Crippen LogP contribution in [0.3, 0.4) is 0 Å². The van der Waals surface area contributed by atoms with Crippen molar-refractivity contribution in [2.45, 2.75) is 13.8 Å². The monoisotopic (exact) mass is 361 g/mol. The molecule has 0 N–H and O–H groups in total. The first kappa shape index (κ1) is 17.0. The second kappa shape index (κ2) is 7.07. The first-order valence-corrected chi connectivity index (χ1v) is 8.80. The van der Waals surface area contributed by atoms with E-state index in [1.165, 1.54) is 5.56 Å². The van der Waals surface area contributed by atoms with E-state index in [4.69, 9.17) is 9.26 Å². The van der Waals surface area contributed by atoms with Crippen LogP contribution in [0.2, 0.25) is 0 Å². The molecular formula is C21H19N3O3. The molecule has 0 aliphatic carbocycles. The van der Waals surface area contributed by atoms with Gasteiger partial charge in [0.2, 0.25) is 5.82 Å². The lowest BCUT2D eigenvalue weighted by atomic mass is 10.1. The van der Waals surface area contributed by atoms with Crippen LogP contribution in [0, 0.1) is 6.92 Å². The molecule has 1 aliphatic rings. The lowest BCUT2D eigenvalue weighted by Crippen LogP contribution is -2.38. The van der Waals surface area contributed by atoms with Crippen LogP contribution < -0.4 is 9.64 Å². The second-order valence-corrected chi connectivity index (χ2v) is 6.31. The largest absolute Gasteiger partial charge is 0.482 e. The maximum Gasteiger partial charge on any atom is 0.265 e. The highest BCUT2D eigenvalue weighted by atomic mass is 16.5. The number of carbonyl (C=O) groups is 1. The molecule has 0 radical (unpaired) electrons. The maximum atomic E-state index is 12.0. The van der Waals surface area contributed by atoms with Crippen molar-refractivity contribution in [1.29, 1.82) is 0 Å². The number of ether oxygens (including phenoxy) is 1. The predicted molar refractivity (Wildman–Crippen MR) is 103 cm³/mol. The molecule has 3 aromatic rings. The Balaban J connectivity index is 1.59. The molecular weight excluding hydrogens is 342 g/mol. The van der Waals surface area contributed by atoms with E-state index >= 15 is 0 Å². The van der Waals surface area contributed by atoms with Crippen LogP contribution in [0.4, 0.5) is 5.69 Å². The highest BCUT2D eigenvalue weighted by molar-refractivity contribution is 5.98. The number of likely N-dealkylation sites (N-methyl/N-ethyl adjacent to an activating group) is 1. The first-order chi connectivity index (χ1) is 13.1. The molecule has 6 nitrogen and oxygen atoms in total. The molecule has 0 saturated heterocycles. The molecule has 6 heteroatoms. The zero-order valence-corrected chi connectivity index (χ0v) is 15.2. The van der Waals surface area contributed by atoms with Crippen molar-refractivity contribution in [2.24, 2.45) is 0 Å². The zero-order valence-electron chi connectivity index (χ0n) is 15.2. The molecule has 136 valence electrons. The van der Waals surface area contributed by atoms with Crippen molar-refractivity contribution >= 4 is 23.7 Å². The number of aryl methyl sites for hydroxylation is 1. The fourth-order valence-corrected chi connectivity index (χ4v) is 2.95. The van der Waals surface area contributed by atoms with E-state index in [2.05, 4.69) is 29.2 Å². The topological polar surface area (TPSA) is 68.5 Å². The molecule has 0 fully saturated rings. The molecule has 2 aromatic carbocycles. The Morgan fingerprint density at radius 2 is 1.96 bits per heavy atom. The van der Waals surface area contributed by atoms with E-state index in [0.717, 1.165) is 16.8 Å². The fraction of sp³-hybridized carbons (Fsp3) is 0.190. The Morgan fingerprint density at radius 1 is 1.15 bits per heavy atom. The molecule has 27 heavy (non-hydrogen) atoms. The van der Waals surface area contributed by atoms with Gasteiger partial charge >= 0.3 is 0 Å². The van der Waals surface area contributed by atoms with Gasteiger partial charge in [-0.2, -0.15) is 4.98 Å². The first-order valence-electron chi connectivity index (χ1n) is 8.80. The van der Waals surface area contributed by atoms with E-state index in [1.807, 2.05) is 43.3 Å². The summed E-state index contributed by atoms with van der Waals surface area (Å²) in [5.41, 5.74) is 3.77. The summed E-state index contributed by atoms with van der Waals surface area (Å²) in [5, 5.41) is 4.05. The van der Waals surface area contributed by atoms with Crippen molar-refractivity contribution in [2.75, 3.05) is 18.1 Å². The lowest BCUT2D eigenvalue weighted by molar-refractivity contribution is -0.121. The third kappa shape index (κ3) is 3.46. The van der Waals surface area contributed by atoms with Crippen LogP contribution in [0.25, 0.3) is 23.5 Å². The maximum absolute atomic E-state index is 12.0. The van der Waals surface area contributed by atoms with Gasteiger partial charge in [0.15, 0.2) is 6.61 Å². The Morgan fingerprint density at radius 3 is 2.74 bits per heavy atom. The summed E-state index contributed by atoms with van der Waals surface area (Å²) in [6, 6.07) is 13.7. The summed E-state index contributed by atoms with van der Waals surface area (Å²) in [6.07, 6.45) is 3.71. The van der Waals surface area contributed by atoms with Crippen LogP contribution in [0.15, 0.2) is 47.0 Å². The van der Waals surface area contributed by atoms with Gasteiger partial charge in [-0.3, -0.25) is 4.79 Å². The normalized spacial score (nSPS) is 13.7. The number of hydrogen-bond donors (Lipinski definition) is 0. The molecule has 1 amide bonds. The van der Waals surface area contributed by atoms with Crippen molar-refractivity contribution < 1.29 is 14.1 Å². The highest BCUT2D eigenvalue weighted by Crippen LogP contribution is 2.35. The minimum atomic E-state index is -0.0583. The fourth-order valence-electron chi connectivity index (χ4n) is 2.95. The molecule has 0 saturated carbocycles. The number of nitrogens with zero attached hydrogens (tertiary/aromatic N) is 3. The number of rotatable bonds is 4. The van der Waals surface area contributed by atoms with Crippen molar-refractivity contribution in [3.63, 3.8) is 0 Å². The van der Waals surface area contributed by atoms with Crippen LogP contribution >= 0.6 is 0 Å². The van der Waals surface area contributed by atoms with Gasteiger partial charge in [-0.25, -0.2) is 0 Å². The van der Waals surface area contributed by atoms with Crippen LogP contribution in [0.1, 0.15) is 23.9 Å². The number of anilines is 1. The highest BCUT2D eigenvalue weighted by Gasteiger charge is 2.25. The minimum absolute atomic E-state index is 0.0583. The van der Waals surface area contributed by atoms with Crippen LogP contribution in [-0.2, 0) is 4.79 Å². The lowest BCUT2D eigenvalue weighted by Gasteiger charge is -2.28. The Labute approximate surface area is 157 Å². The van der Waals surface area contributed by atoms with Gasteiger partial charge < -0.3 is 14.2 Å². The van der Waals surface area contributed by atoms with Gasteiger partial charge in [0.25, 0.3) is 11.8 Å². The third-order valence-electron chi connectivity index (χ3n) is 4.41. The van der Waals surface area contributed by atoms with E-state index in [1.54, 1.807) is 11.0 Å². The van der Waals surface area contributed by atoms with E-state index in [0.29, 0.717) is 24.0 Å². The number of amides is 1. The Kier molecular flexibility index (Phi) is 4.46. The van der Waals surface area contributed by atoms with Gasteiger partial charge in [0.05, 0.1) is 5.69 Å². The quantitative estimate of drug-likeness (QED) is 0.703. The van der Waals surface area contributed by atoms with E-state index in [9.17, 15) is 4.79 Å². The van der Waals surface area contributed by atoms with Gasteiger partial charge in [-0.1, -0.05) is 35.0 Å².